The number of amides is 1. The van der Waals surface area contributed by atoms with E-state index in [4.69, 9.17) is 9.47 Å². The molecule has 0 radical (unpaired) electrons. The Labute approximate surface area is 181 Å². The van der Waals surface area contributed by atoms with Crippen LogP contribution in [0, 0.1) is 0 Å². The third-order valence-corrected chi connectivity index (χ3v) is 4.71. The largest absolute Gasteiger partial charge is 0.470 e. The molecule has 0 bridgehead atoms. The number of nitrogens with one attached hydrogen (secondary N) is 1. The number of rotatable bonds is 8. The van der Waals surface area contributed by atoms with Crippen LogP contribution in [0.1, 0.15) is 5.56 Å². The highest BCUT2D eigenvalue weighted by Crippen LogP contribution is 2.20. The van der Waals surface area contributed by atoms with Crippen molar-refractivity contribution in [2.75, 3.05) is 44.6 Å². The highest BCUT2D eigenvalue weighted by atomic mass is 16.5. The number of Topliss-reactive ketones (excluding diaryl/α,β-unsaturated/α-hetero) is 1. The Kier molecular flexibility index (Phi) is 6.92. The number of benzene rings is 2. The summed E-state index contributed by atoms with van der Waals surface area (Å²) >= 11 is 0. The number of hydrogen-bond donors (Lipinski definition) is 1. The normalized spacial score (nSPS) is 12.9. The summed E-state index contributed by atoms with van der Waals surface area (Å²) < 4.78 is 10.4. The molecular formula is C23H25N3O5. The van der Waals surface area contributed by atoms with Crippen molar-refractivity contribution >= 4 is 29.0 Å². The van der Waals surface area contributed by atoms with Crippen LogP contribution in [0.5, 0.6) is 0 Å². The molecule has 1 amide bonds. The first kappa shape index (κ1) is 21.9. The number of esters is 1. The molecule has 0 fully saturated rings. The molecule has 1 heterocycles. The quantitative estimate of drug-likeness (QED) is 0.514. The molecule has 0 saturated heterocycles. The summed E-state index contributed by atoms with van der Waals surface area (Å²) in [5, 5.41) is 2.89. The van der Waals surface area contributed by atoms with E-state index in [1.807, 2.05) is 49.3 Å². The lowest BCUT2D eigenvalue weighted by Gasteiger charge is -2.18. The first-order chi connectivity index (χ1) is 14.8. The van der Waals surface area contributed by atoms with Gasteiger partial charge in [-0.3, -0.25) is 9.59 Å². The number of nitrogens with zero attached hydrogens (tertiary/aromatic N) is 2. The number of likely N-dealkylation sites (N-methyl/N-ethyl adjacent to an activating group) is 1. The van der Waals surface area contributed by atoms with Crippen LogP contribution < -0.4 is 10.2 Å². The molecule has 1 aliphatic heterocycles. The molecule has 8 nitrogen and oxygen atoms in total. The van der Waals surface area contributed by atoms with Crippen molar-refractivity contribution in [2.45, 2.75) is 6.54 Å². The predicted octanol–water partition coefficient (Wildman–Crippen LogP) is 2.18. The molecule has 0 aliphatic carbocycles. The minimum absolute atomic E-state index is 0.0305. The highest BCUT2D eigenvalue weighted by molar-refractivity contribution is 6.20. The van der Waals surface area contributed by atoms with Gasteiger partial charge in [0.1, 0.15) is 0 Å². The van der Waals surface area contributed by atoms with Crippen molar-refractivity contribution in [3.8, 4) is 0 Å². The van der Waals surface area contributed by atoms with Gasteiger partial charge >= 0.3 is 5.97 Å². The first-order valence-electron chi connectivity index (χ1n) is 9.75. The second kappa shape index (κ2) is 9.80. The topological polar surface area (TPSA) is 88.2 Å². The van der Waals surface area contributed by atoms with E-state index in [2.05, 4.69) is 5.32 Å². The van der Waals surface area contributed by atoms with E-state index >= 15 is 0 Å². The van der Waals surface area contributed by atoms with E-state index in [9.17, 15) is 14.4 Å². The maximum atomic E-state index is 12.4. The van der Waals surface area contributed by atoms with Crippen LogP contribution in [0.4, 0.5) is 11.4 Å². The summed E-state index contributed by atoms with van der Waals surface area (Å²) in [4.78, 5) is 40.4. The zero-order valence-corrected chi connectivity index (χ0v) is 17.8. The summed E-state index contributed by atoms with van der Waals surface area (Å²) in [5.41, 5.74) is 2.44. The van der Waals surface area contributed by atoms with Crippen LogP contribution in [-0.4, -0.2) is 56.9 Å². The van der Waals surface area contributed by atoms with Crippen LogP contribution in [0.15, 0.2) is 66.1 Å². The Morgan fingerprint density at radius 3 is 2.35 bits per heavy atom. The van der Waals surface area contributed by atoms with Gasteiger partial charge in [0.05, 0.1) is 0 Å². The lowest BCUT2D eigenvalue weighted by molar-refractivity contribution is -0.149. The van der Waals surface area contributed by atoms with Gasteiger partial charge < -0.3 is 24.6 Å². The molecule has 8 heteroatoms. The average Bonchev–Trinajstić information content (AvgIpc) is 3.12. The molecule has 162 valence electrons. The predicted molar refractivity (Wildman–Crippen MR) is 116 cm³/mol. The summed E-state index contributed by atoms with van der Waals surface area (Å²) in [5.74, 6) is -1.74. The van der Waals surface area contributed by atoms with Crippen LogP contribution in [0.2, 0.25) is 0 Å². The van der Waals surface area contributed by atoms with Gasteiger partial charge in [-0.1, -0.05) is 30.3 Å². The second-order valence-corrected chi connectivity index (χ2v) is 7.29. The van der Waals surface area contributed by atoms with Crippen LogP contribution in [0.25, 0.3) is 0 Å². The number of para-hydroxylation sites is 1. The van der Waals surface area contributed by atoms with Crippen molar-refractivity contribution in [3.63, 3.8) is 0 Å². The molecule has 1 aliphatic rings. The van der Waals surface area contributed by atoms with Crippen molar-refractivity contribution in [1.29, 1.82) is 0 Å². The van der Waals surface area contributed by atoms with E-state index in [1.165, 1.54) is 4.90 Å². The van der Waals surface area contributed by atoms with Crippen molar-refractivity contribution in [1.82, 2.24) is 4.90 Å². The minimum Gasteiger partial charge on any atom is -0.470 e. The number of ether oxygens (including phenoxy) is 2. The highest BCUT2D eigenvalue weighted by Gasteiger charge is 2.33. The summed E-state index contributed by atoms with van der Waals surface area (Å²) in [6.07, 6.45) is 0. The fourth-order valence-corrected chi connectivity index (χ4v) is 2.94. The van der Waals surface area contributed by atoms with E-state index in [0.29, 0.717) is 12.2 Å². The number of hydrogen-bond acceptors (Lipinski definition) is 7. The fraction of sp³-hybridized carbons (Fsp3) is 0.261. The van der Waals surface area contributed by atoms with E-state index in [1.54, 1.807) is 31.3 Å². The van der Waals surface area contributed by atoms with Gasteiger partial charge in [0, 0.05) is 39.1 Å². The molecule has 0 aromatic heterocycles. The van der Waals surface area contributed by atoms with Gasteiger partial charge in [-0.05, 0) is 29.8 Å². The number of anilines is 2. The van der Waals surface area contributed by atoms with Gasteiger partial charge in [-0.25, -0.2) is 4.79 Å². The Hall–Kier alpha value is -3.81. The lowest BCUT2D eigenvalue weighted by Crippen LogP contribution is -2.31. The third-order valence-electron chi connectivity index (χ3n) is 4.71. The van der Waals surface area contributed by atoms with Gasteiger partial charge in [0.15, 0.2) is 18.8 Å². The van der Waals surface area contributed by atoms with Crippen LogP contribution >= 0.6 is 0 Å². The monoisotopic (exact) mass is 423 g/mol. The number of ketones is 1. The summed E-state index contributed by atoms with van der Waals surface area (Å²) in [6, 6.07) is 16.8. The molecule has 3 rings (SSSR count). The van der Waals surface area contributed by atoms with Crippen LogP contribution in [-0.2, 0) is 30.4 Å². The standard InChI is InChI=1S/C23H25N3O5/c1-25(2)18-11-9-16(10-12-18)13-26(3)20(28)15-31-23(29)21-19(27)14-30-22(21)24-17-7-5-4-6-8-17/h4-12,24H,13-15H2,1-3H3. The van der Waals surface area contributed by atoms with Crippen molar-refractivity contribution in [3.05, 3.63) is 71.6 Å². The summed E-state index contributed by atoms with van der Waals surface area (Å²) in [7, 11) is 5.53. The van der Waals surface area contributed by atoms with Gasteiger partial charge in [0.2, 0.25) is 11.7 Å². The average molecular weight is 423 g/mol. The Morgan fingerprint density at radius 1 is 1.03 bits per heavy atom. The minimum atomic E-state index is -0.891. The SMILES string of the molecule is CN(Cc1ccc(N(C)C)cc1)C(=O)COC(=O)C1=C(Nc2ccccc2)OCC1=O. The first-order valence-corrected chi connectivity index (χ1v) is 9.75. The Bertz CT molecular complexity index is 984. The molecule has 31 heavy (non-hydrogen) atoms. The maximum Gasteiger partial charge on any atom is 0.347 e. The van der Waals surface area contributed by atoms with E-state index in [-0.39, 0.29) is 24.0 Å². The molecule has 0 spiro atoms. The fourth-order valence-electron chi connectivity index (χ4n) is 2.94. The molecule has 1 N–H and O–H groups in total. The lowest BCUT2D eigenvalue weighted by atomic mass is 10.2. The zero-order chi connectivity index (χ0) is 22.4. The third kappa shape index (κ3) is 5.63. The molecule has 2 aromatic rings. The number of carbonyl (C=O) groups excluding carboxylic acids is 3. The molecule has 0 atom stereocenters. The summed E-state index contributed by atoms with van der Waals surface area (Å²) in [6.45, 7) is -0.355. The van der Waals surface area contributed by atoms with Crippen LogP contribution in [0.3, 0.4) is 0 Å². The molecule has 0 unspecified atom stereocenters. The second-order valence-electron chi connectivity index (χ2n) is 7.29. The maximum absolute atomic E-state index is 12.4. The van der Waals surface area contributed by atoms with Gasteiger partial charge in [-0.15, -0.1) is 0 Å². The number of carbonyl (C=O) groups is 3. The van der Waals surface area contributed by atoms with E-state index < -0.39 is 18.4 Å². The van der Waals surface area contributed by atoms with Gasteiger partial charge in [-0.2, -0.15) is 0 Å². The molecular weight excluding hydrogens is 398 g/mol. The van der Waals surface area contributed by atoms with E-state index in [0.717, 1.165) is 11.3 Å². The van der Waals surface area contributed by atoms with Crippen molar-refractivity contribution < 1.29 is 23.9 Å². The zero-order valence-electron chi connectivity index (χ0n) is 17.8. The molecule has 2 aromatic carbocycles. The Balaban J connectivity index is 1.57. The Morgan fingerprint density at radius 2 is 1.71 bits per heavy atom. The van der Waals surface area contributed by atoms with Crippen molar-refractivity contribution in [2.24, 2.45) is 0 Å². The smallest absolute Gasteiger partial charge is 0.347 e. The molecule has 0 saturated carbocycles. The van der Waals surface area contributed by atoms with Gasteiger partial charge in [0.25, 0.3) is 5.91 Å².